The molecule has 2 heterocycles. The Bertz CT molecular complexity index is 839. The summed E-state index contributed by atoms with van der Waals surface area (Å²) in [4.78, 5) is 12.4. The van der Waals surface area contributed by atoms with Crippen LogP contribution < -0.4 is 5.32 Å². The van der Waals surface area contributed by atoms with E-state index in [1.54, 1.807) is 23.0 Å². The Morgan fingerprint density at radius 1 is 1.32 bits per heavy atom. The molecule has 0 radical (unpaired) electrons. The summed E-state index contributed by atoms with van der Waals surface area (Å²) in [7, 11) is 0. The van der Waals surface area contributed by atoms with Crippen molar-refractivity contribution in [2.24, 2.45) is 0 Å². The van der Waals surface area contributed by atoms with Crippen molar-refractivity contribution in [2.75, 3.05) is 0 Å². The Morgan fingerprint density at radius 2 is 2.12 bits per heavy atom. The number of benzene rings is 1. The van der Waals surface area contributed by atoms with E-state index in [-0.39, 0.29) is 11.9 Å². The SMILES string of the molecule is Cc1ccccc1-n1cc(C(=O)NC(C)CC(O)c2ccco2)cn1. The van der Waals surface area contributed by atoms with Crippen LogP contribution in [-0.2, 0) is 0 Å². The molecule has 0 fully saturated rings. The molecule has 2 atom stereocenters. The highest BCUT2D eigenvalue weighted by molar-refractivity contribution is 5.93. The summed E-state index contributed by atoms with van der Waals surface area (Å²) in [6.45, 7) is 3.84. The van der Waals surface area contributed by atoms with Gasteiger partial charge in [0.2, 0.25) is 0 Å². The minimum Gasteiger partial charge on any atom is -0.467 e. The number of amides is 1. The molecule has 25 heavy (non-hydrogen) atoms. The van der Waals surface area contributed by atoms with Gasteiger partial charge in [0.05, 0.1) is 23.7 Å². The predicted octanol–water partition coefficient (Wildman–Crippen LogP) is 3.02. The normalized spacial score (nSPS) is 13.4. The molecule has 2 aromatic heterocycles. The summed E-state index contributed by atoms with van der Waals surface area (Å²) in [5, 5.41) is 17.2. The number of para-hydroxylation sites is 1. The lowest BCUT2D eigenvalue weighted by Crippen LogP contribution is -2.33. The van der Waals surface area contributed by atoms with E-state index in [0.29, 0.717) is 17.7 Å². The molecule has 0 saturated heterocycles. The quantitative estimate of drug-likeness (QED) is 0.723. The van der Waals surface area contributed by atoms with E-state index in [4.69, 9.17) is 4.42 Å². The first-order valence-corrected chi connectivity index (χ1v) is 8.17. The lowest BCUT2D eigenvalue weighted by Gasteiger charge is -2.16. The van der Waals surface area contributed by atoms with Gasteiger partial charge in [-0.25, -0.2) is 4.68 Å². The Morgan fingerprint density at radius 3 is 2.84 bits per heavy atom. The number of aryl methyl sites for hydroxylation is 1. The van der Waals surface area contributed by atoms with E-state index in [1.807, 2.05) is 38.1 Å². The maximum absolute atomic E-state index is 12.4. The number of aliphatic hydroxyl groups excluding tert-OH is 1. The third-order valence-electron chi connectivity index (χ3n) is 4.03. The molecule has 0 aliphatic heterocycles. The van der Waals surface area contributed by atoms with Crippen molar-refractivity contribution in [1.29, 1.82) is 0 Å². The van der Waals surface area contributed by atoms with Gasteiger partial charge >= 0.3 is 0 Å². The average molecular weight is 339 g/mol. The molecule has 3 rings (SSSR count). The maximum atomic E-state index is 12.4. The standard InChI is InChI=1S/C19H21N3O3/c1-13-6-3-4-7-16(13)22-12-15(11-20-22)19(24)21-14(2)10-17(23)18-8-5-9-25-18/h3-9,11-12,14,17,23H,10H2,1-2H3,(H,21,24). The minimum absolute atomic E-state index is 0.214. The van der Waals surface area contributed by atoms with Gasteiger partial charge < -0.3 is 14.8 Å². The van der Waals surface area contributed by atoms with Gasteiger partial charge in [-0.1, -0.05) is 18.2 Å². The predicted molar refractivity (Wildman–Crippen MR) is 93.5 cm³/mol. The first-order valence-electron chi connectivity index (χ1n) is 8.17. The number of aromatic nitrogens is 2. The largest absolute Gasteiger partial charge is 0.467 e. The lowest BCUT2D eigenvalue weighted by atomic mass is 10.1. The van der Waals surface area contributed by atoms with Gasteiger partial charge in [-0.2, -0.15) is 5.10 Å². The summed E-state index contributed by atoms with van der Waals surface area (Å²) in [6.07, 6.45) is 4.37. The fourth-order valence-electron chi connectivity index (χ4n) is 2.69. The summed E-state index contributed by atoms with van der Waals surface area (Å²) < 4.78 is 6.86. The number of carbonyl (C=O) groups excluding carboxylic acids is 1. The first kappa shape index (κ1) is 17.0. The molecule has 0 aliphatic rings. The summed E-state index contributed by atoms with van der Waals surface area (Å²) in [6, 6.07) is 11.1. The monoisotopic (exact) mass is 339 g/mol. The number of furan rings is 1. The zero-order valence-electron chi connectivity index (χ0n) is 14.2. The summed E-state index contributed by atoms with van der Waals surface area (Å²) in [5.74, 6) is 0.271. The molecular weight excluding hydrogens is 318 g/mol. The zero-order valence-corrected chi connectivity index (χ0v) is 14.2. The molecule has 2 unspecified atom stereocenters. The Balaban J connectivity index is 1.63. The number of rotatable bonds is 6. The van der Waals surface area contributed by atoms with Crippen molar-refractivity contribution >= 4 is 5.91 Å². The van der Waals surface area contributed by atoms with E-state index in [9.17, 15) is 9.90 Å². The van der Waals surface area contributed by atoms with Crippen LogP contribution in [0.3, 0.4) is 0 Å². The molecule has 6 nitrogen and oxygen atoms in total. The molecule has 6 heteroatoms. The number of nitrogens with zero attached hydrogens (tertiary/aromatic N) is 2. The van der Waals surface area contributed by atoms with Crippen LogP contribution in [0.2, 0.25) is 0 Å². The molecule has 0 bridgehead atoms. The van der Waals surface area contributed by atoms with Crippen LogP contribution in [0.15, 0.2) is 59.5 Å². The second-order valence-corrected chi connectivity index (χ2v) is 6.10. The minimum atomic E-state index is -0.750. The van der Waals surface area contributed by atoms with Gasteiger partial charge in [0.15, 0.2) is 0 Å². The van der Waals surface area contributed by atoms with Crippen LogP contribution in [0.1, 0.15) is 41.1 Å². The van der Waals surface area contributed by atoms with Crippen LogP contribution in [-0.4, -0.2) is 26.8 Å². The molecule has 3 aromatic rings. The van der Waals surface area contributed by atoms with Crippen molar-refractivity contribution in [3.63, 3.8) is 0 Å². The molecule has 130 valence electrons. The van der Waals surface area contributed by atoms with Gasteiger partial charge in [0.1, 0.15) is 11.9 Å². The van der Waals surface area contributed by atoms with Crippen molar-refractivity contribution in [2.45, 2.75) is 32.4 Å². The Kier molecular flexibility index (Phi) is 5.00. The lowest BCUT2D eigenvalue weighted by molar-refractivity contribution is 0.0903. The van der Waals surface area contributed by atoms with Crippen molar-refractivity contribution in [3.8, 4) is 5.69 Å². The smallest absolute Gasteiger partial charge is 0.254 e. The molecule has 0 aliphatic carbocycles. The highest BCUT2D eigenvalue weighted by Crippen LogP contribution is 2.19. The molecular formula is C19H21N3O3. The number of hydrogen-bond acceptors (Lipinski definition) is 4. The van der Waals surface area contributed by atoms with E-state index < -0.39 is 6.10 Å². The van der Waals surface area contributed by atoms with Crippen LogP contribution in [0.4, 0.5) is 0 Å². The van der Waals surface area contributed by atoms with Gasteiger partial charge in [0.25, 0.3) is 5.91 Å². The van der Waals surface area contributed by atoms with E-state index in [1.165, 1.54) is 12.5 Å². The number of carbonyl (C=O) groups is 1. The highest BCUT2D eigenvalue weighted by atomic mass is 16.4. The van der Waals surface area contributed by atoms with Crippen LogP contribution in [0.5, 0.6) is 0 Å². The zero-order chi connectivity index (χ0) is 17.8. The number of aliphatic hydroxyl groups is 1. The van der Waals surface area contributed by atoms with Crippen LogP contribution in [0.25, 0.3) is 5.69 Å². The third-order valence-corrected chi connectivity index (χ3v) is 4.03. The van der Waals surface area contributed by atoms with Gasteiger partial charge in [-0.3, -0.25) is 4.79 Å². The topological polar surface area (TPSA) is 80.3 Å². The first-order chi connectivity index (χ1) is 12.0. The van der Waals surface area contributed by atoms with Crippen molar-refractivity contribution < 1.29 is 14.3 Å². The molecule has 0 spiro atoms. The average Bonchev–Trinajstić information content (AvgIpc) is 3.27. The van der Waals surface area contributed by atoms with Gasteiger partial charge in [0, 0.05) is 18.7 Å². The second kappa shape index (κ2) is 7.36. The van der Waals surface area contributed by atoms with Gasteiger partial charge in [-0.05, 0) is 37.6 Å². The van der Waals surface area contributed by atoms with Crippen molar-refractivity contribution in [1.82, 2.24) is 15.1 Å². The third kappa shape index (κ3) is 3.97. The second-order valence-electron chi connectivity index (χ2n) is 6.10. The highest BCUT2D eigenvalue weighted by Gasteiger charge is 2.18. The Labute approximate surface area is 146 Å². The van der Waals surface area contributed by atoms with E-state index in [0.717, 1.165) is 11.3 Å². The van der Waals surface area contributed by atoms with E-state index in [2.05, 4.69) is 10.4 Å². The van der Waals surface area contributed by atoms with Crippen LogP contribution >= 0.6 is 0 Å². The number of hydrogen-bond donors (Lipinski definition) is 2. The van der Waals surface area contributed by atoms with Crippen LogP contribution in [0, 0.1) is 6.92 Å². The van der Waals surface area contributed by atoms with E-state index >= 15 is 0 Å². The molecule has 1 amide bonds. The summed E-state index contributed by atoms with van der Waals surface area (Å²) in [5.41, 5.74) is 2.48. The molecule has 0 saturated carbocycles. The molecule has 2 N–H and O–H groups in total. The Hall–Kier alpha value is -2.86. The molecule has 1 aromatic carbocycles. The number of nitrogens with one attached hydrogen (secondary N) is 1. The maximum Gasteiger partial charge on any atom is 0.254 e. The van der Waals surface area contributed by atoms with Gasteiger partial charge in [-0.15, -0.1) is 0 Å². The van der Waals surface area contributed by atoms with Crippen molar-refractivity contribution in [3.05, 3.63) is 71.9 Å². The fraction of sp³-hybridized carbons (Fsp3) is 0.263. The fourth-order valence-corrected chi connectivity index (χ4v) is 2.69. The summed E-state index contributed by atoms with van der Waals surface area (Å²) >= 11 is 0.